The normalized spacial score (nSPS) is 10.3. The summed E-state index contributed by atoms with van der Waals surface area (Å²) in [7, 11) is 0. The quantitative estimate of drug-likeness (QED) is 0.844. The minimum Gasteiger partial charge on any atom is -0.356 e. The second-order valence-electron chi connectivity index (χ2n) is 3.74. The van der Waals surface area contributed by atoms with Crippen molar-refractivity contribution in [3.05, 3.63) is 34.1 Å². The lowest BCUT2D eigenvalue weighted by Gasteiger charge is -2.05. The smallest absolute Gasteiger partial charge is 0.220 e. The molecule has 1 amide bonds. The number of nitrogens with one attached hydrogen (secondary N) is 1. The van der Waals surface area contributed by atoms with Gasteiger partial charge in [0.1, 0.15) is 5.82 Å². The summed E-state index contributed by atoms with van der Waals surface area (Å²) in [4.78, 5) is 11.3. The van der Waals surface area contributed by atoms with E-state index < -0.39 is 0 Å². The van der Waals surface area contributed by atoms with Crippen molar-refractivity contribution in [3.63, 3.8) is 0 Å². The molecule has 5 heteroatoms. The van der Waals surface area contributed by atoms with Crippen molar-refractivity contribution in [3.8, 4) is 0 Å². The molecule has 1 aromatic carbocycles. The van der Waals surface area contributed by atoms with Gasteiger partial charge in [0, 0.05) is 13.0 Å². The van der Waals surface area contributed by atoms with Crippen molar-refractivity contribution in [2.24, 2.45) is 5.73 Å². The predicted octanol–water partition coefficient (Wildman–Crippen LogP) is 1.99. The van der Waals surface area contributed by atoms with Crippen LogP contribution in [0, 0.1) is 5.82 Å². The van der Waals surface area contributed by atoms with Crippen LogP contribution in [-0.4, -0.2) is 19.0 Å². The molecule has 0 bridgehead atoms. The van der Waals surface area contributed by atoms with E-state index in [1.54, 1.807) is 12.1 Å². The molecule has 0 aliphatic rings. The molecule has 0 aliphatic heterocycles. The minimum atomic E-state index is -0.277. The Bertz CT molecular complexity index is 385. The van der Waals surface area contributed by atoms with Crippen molar-refractivity contribution in [1.29, 1.82) is 0 Å². The van der Waals surface area contributed by atoms with Gasteiger partial charge in [-0.15, -0.1) is 0 Å². The molecule has 0 spiro atoms. The molecule has 3 nitrogen and oxygen atoms in total. The van der Waals surface area contributed by atoms with E-state index >= 15 is 0 Å². The first-order valence-corrected chi connectivity index (χ1v) is 6.33. The molecule has 0 fully saturated rings. The van der Waals surface area contributed by atoms with Gasteiger partial charge < -0.3 is 11.1 Å². The lowest BCUT2D eigenvalue weighted by Crippen LogP contribution is -2.25. The Morgan fingerprint density at radius 2 is 2.24 bits per heavy atom. The predicted molar refractivity (Wildman–Crippen MR) is 69.1 cm³/mol. The zero-order chi connectivity index (χ0) is 12.7. The van der Waals surface area contributed by atoms with Crippen LogP contribution in [0.25, 0.3) is 0 Å². The van der Waals surface area contributed by atoms with Crippen LogP contribution in [0.15, 0.2) is 22.7 Å². The van der Waals surface area contributed by atoms with Crippen molar-refractivity contribution in [1.82, 2.24) is 5.32 Å². The van der Waals surface area contributed by atoms with E-state index in [9.17, 15) is 9.18 Å². The third-order valence-electron chi connectivity index (χ3n) is 2.33. The van der Waals surface area contributed by atoms with E-state index in [0.717, 1.165) is 5.56 Å². The van der Waals surface area contributed by atoms with Gasteiger partial charge in [-0.25, -0.2) is 4.39 Å². The third kappa shape index (κ3) is 5.28. The molecule has 0 aromatic heterocycles. The molecule has 1 rings (SSSR count). The molecule has 0 atom stereocenters. The van der Waals surface area contributed by atoms with Crippen LogP contribution in [0.3, 0.4) is 0 Å². The van der Waals surface area contributed by atoms with Gasteiger partial charge in [-0.1, -0.05) is 6.07 Å². The number of carbonyl (C=O) groups is 1. The maximum absolute atomic E-state index is 13.0. The Balaban J connectivity index is 2.30. The maximum Gasteiger partial charge on any atom is 0.220 e. The van der Waals surface area contributed by atoms with Gasteiger partial charge in [-0.2, -0.15) is 0 Å². The van der Waals surface area contributed by atoms with Crippen LogP contribution in [0.5, 0.6) is 0 Å². The van der Waals surface area contributed by atoms with Crippen LogP contribution >= 0.6 is 15.9 Å². The van der Waals surface area contributed by atoms with Gasteiger partial charge in [0.25, 0.3) is 0 Å². The summed E-state index contributed by atoms with van der Waals surface area (Å²) in [6.45, 7) is 1.08. The molecule has 1 aromatic rings. The summed E-state index contributed by atoms with van der Waals surface area (Å²) in [5.74, 6) is -0.266. The van der Waals surface area contributed by atoms with Gasteiger partial charge in [-0.3, -0.25) is 4.79 Å². The van der Waals surface area contributed by atoms with Gasteiger partial charge in [0.05, 0.1) is 4.47 Å². The van der Waals surface area contributed by atoms with E-state index in [2.05, 4.69) is 21.2 Å². The van der Waals surface area contributed by atoms with Crippen LogP contribution in [0.2, 0.25) is 0 Å². The highest BCUT2D eigenvalue weighted by Gasteiger charge is 2.02. The standard InChI is InChI=1S/C12H16BrFN2O/c13-10-8-9(3-4-11(10)14)5-7-16-12(17)2-1-6-15/h3-4,8H,1-2,5-7,15H2,(H,16,17). The molecular weight excluding hydrogens is 287 g/mol. The zero-order valence-electron chi connectivity index (χ0n) is 9.51. The summed E-state index contributed by atoms with van der Waals surface area (Å²) >= 11 is 3.12. The number of benzene rings is 1. The number of amides is 1. The maximum atomic E-state index is 13.0. The zero-order valence-corrected chi connectivity index (χ0v) is 11.1. The average Bonchev–Trinajstić information content (AvgIpc) is 2.31. The molecule has 0 aliphatic carbocycles. The van der Waals surface area contributed by atoms with Crippen molar-refractivity contribution < 1.29 is 9.18 Å². The molecule has 0 heterocycles. The first-order chi connectivity index (χ1) is 8.13. The Morgan fingerprint density at radius 1 is 1.47 bits per heavy atom. The summed E-state index contributed by atoms with van der Waals surface area (Å²) in [5, 5.41) is 2.80. The van der Waals surface area contributed by atoms with E-state index in [4.69, 9.17) is 5.73 Å². The van der Waals surface area contributed by atoms with E-state index in [0.29, 0.717) is 36.8 Å². The monoisotopic (exact) mass is 302 g/mol. The van der Waals surface area contributed by atoms with Gasteiger partial charge in [0.15, 0.2) is 0 Å². The third-order valence-corrected chi connectivity index (χ3v) is 2.94. The number of nitrogens with two attached hydrogens (primary N) is 1. The summed E-state index contributed by atoms with van der Waals surface area (Å²) < 4.78 is 13.4. The van der Waals surface area contributed by atoms with Gasteiger partial charge >= 0.3 is 0 Å². The Morgan fingerprint density at radius 3 is 2.88 bits per heavy atom. The fourth-order valence-corrected chi connectivity index (χ4v) is 1.82. The second-order valence-corrected chi connectivity index (χ2v) is 4.59. The Kier molecular flexibility index (Phi) is 6.15. The highest BCUT2D eigenvalue weighted by Crippen LogP contribution is 2.16. The number of hydrogen-bond donors (Lipinski definition) is 2. The van der Waals surface area contributed by atoms with E-state index in [-0.39, 0.29) is 11.7 Å². The molecule has 94 valence electrons. The lowest BCUT2D eigenvalue weighted by atomic mass is 10.1. The Hall–Kier alpha value is -0.940. The molecule has 0 saturated carbocycles. The van der Waals surface area contributed by atoms with Crippen molar-refractivity contribution in [2.75, 3.05) is 13.1 Å². The Labute approximate surface area is 109 Å². The summed E-state index contributed by atoms with van der Waals surface area (Å²) in [6.07, 6.45) is 1.85. The molecule has 3 N–H and O–H groups in total. The second kappa shape index (κ2) is 7.40. The largest absolute Gasteiger partial charge is 0.356 e. The number of halogens is 2. The molecule has 0 saturated heterocycles. The van der Waals surface area contributed by atoms with Crippen molar-refractivity contribution in [2.45, 2.75) is 19.3 Å². The fraction of sp³-hybridized carbons (Fsp3) is 0.417. The molecule has 0 radical (unpaired) electrons. The van der Waals surface area contributed by atoms with Crippen LogP contribution in [-0.2, 0) is 11.2 Å². The molecular formula is C12H16BrFN2O. The highest BCUT2D eigenvalue weighted by atomic mass is 79.9. The van der Waals surface area contributed by atoms with E-state index in [1.165, 1.54) is 6.07 Å². The first-order valence-electron chi connectivity index (χ1n) is 5.54. The summed E-state index contributed by atoms with van der Waals surface area (Å²) in [5.41, 5.74) is 6.29. The minimum absolute atomic E-state index is 0.0108. The highest BCUT2D eigenvalue weighted by molar-refractivity contribution is 9.10. The van der Waals surface area contributed by atoms with Crippen LogP contribution < -0.4 is 11.1 Å². The topological polar surface area (TPSA) is 55.1 Å². The molecule has 0 unspecified atom stereocenters. The lowest BCUT2D eigenvalue weighted by molar-refractivity contribution is -0.121. The number of hydrogen-bond acceptors (Lipinski definition) is 2. The SMILES string of the molecule is NCCCC(=O)NCCc1ccc(F)c(Br)c1. The van der Waals surface area contributed by atoms with Crippen molar-refractivity contribution >= 4 is 21.8 Å². The van der Waals surface area contributed by atoms with Crippen LogP contribution in [0.1, 0.15) is 18.4 Å². The fourth-order valence-electron chi connectivity index (χ4n) is 1.39. The van der Waals surface area contributed by atoms with Gasteiger partial charge in [0.2, 0.25) is 5.91 Å². The first kappa shape index (κ1) is 14.1. The van der Waals surface area contributed by atoms with E-state index in [1.807, 2.05) is 0 Å². The molecule has 17 heavy (non-hydrogen) atoms. The average molecular weight is 303 g/mol. The number of carbonyl (C=O) groups excluding carboxylic acids is 1. The van der Waals surface area contributed by atoms with Crippen LogP contribution in [0.4, 0.5) is 4.39 Å². The summed E-state index contributed by atoms with van der Waals surface area (Å²) in [6, 6.07) is 4.85. The van der Waals surface area contributed by atoms with Gasteiger partial charge in [-0.05, 0) is 53.0 Å². The number of rotatable bonds is 6.